The second kappa shape index (κ2) is 10.1. The van der Waals surface area contributed by atoms with Gasteiger partial charge in [-0.2, -0.15) is 0 Å². The molecule has 0 saturated heterocycles. The summed E-state index contributed by atoms with van der Waals surface area (Å²) < 4.78 is 1.37. The van der Waals surface area contributed by atoms with Gasteiger partial charge in [0.2, 0.25) is 0 Å². The minimum atomic E-state index is 0.470. The molecule has 0 spiro atoms. The molecule has 2 N–H and O–H groups in total. The van der Waals surface area contributed by atoms with Crippen LogP contribution in [0.3, 0.4) is 0 Å². The molecule has 0 amide bonds. The van der Waals surface area contributed by atoms with Crippen LogP contribution in [0, 0.1) is 0 Å². The molecule has 2 aromatic heterocycles. The average Bonchev–Trinajstić information content (AvgIpc) is 3.61. The van der Waals surface area contributed by atoms with Crippen molar-refractivity contribution in [3.8, 4) is 10.4 Å². The normalized spacial score (nSPS) is 18.8. The Morgan fingerprint density at radius 2 is 1.75 bits per heavy atom. The van der Waals surface area contributed by atoms with Crippen LogP contribution in [0.1, 0.15) is 34.1 Å². The van der Waals surface area contributed by atoms with Gasteiger partial charge in [-0.15, -0.1) is 22.7 Å². The zero-order valence-electron chi connectivity index (χ0n) is 19.9. The summed E-state index contributed by atoms with van der Waals surface area (Å²) in [6.45, 7) is 0. The van der Waals surface area contributed by atoms with E-state index in [0.29, 0.717) is 5.92 Å². The molecular weight excluding hydrogens is 475 g/mol. The number of fused-ring (bicyclic) bond motifs is 1. The minimum Gasteiger partial charge on any atom is -0.404 e. The van der Waals surface area contributed by atoms with Crippen molar-refractivity contribution in [2.45, 2.75) is 18.8 Å². The van der Waals surface area contributed by atoms with Gasteiger partial charge in [0, 0.05) is 31.4 Å². The van der Waals surface area contributed by atoms with Crippen LogP contribution in [0.2, 0.25) is 0 Å². The highest BCUT2D eigenvalue weighted by molar-refractivity contribution is 7.19. The maximum atomic E-state index is 5.96. The molecular formula is C33H27NS2. The zero-order chi connectivity index (χ0) is 24.3. The number of nitrogens with two attached hydrogens (primary N) is 1. The van der Waals surface area contributed by atoms with Gasteiger partial charge in [0.15, 0.2) is 0 Å². The molecule has 2 heterocycles. The van der Waals surface area contributed by atoms with Crippen molar-refractivity contribution in [3.05, 3.63) is 142 Å². The van der Waals surface area contributed by atoms with Crippen molar-refractivity contribution in [2.75, 3.05) is 0 Å². The molecule has 0 fully saturated rings. The molecule has 0 saturated carbocycles. The average molecular weight is 502 g/mol. The third-order valence-corrected chi connectivity index (χ3v) is 9.17. The van der Waals surface area contributed by atoms with Crippen LogP contribution in [0.5, 0.6) is 0 Å². The van der Waals surface area contributed by atoms with Crippen LogP contribution in [-0.2, 0) is 0 Å². The predicted octanol–water partition coefficient (Wildman–Crippen LogP) is 9.50. The largest absolute Gasteiger partial charge is 0.404 e. The lowest BCUT2D eigenvalue weighted by Crippen LogP contribution is -1.95. The number of rotatable bonds is 5. The van der Waals surface area contributed by atoms with E-state index in [1.807, 2.05) is 22.7 Å². The van der Waals surface area contributed by atoms with Gasteiger partial charge in [0.05, 0.1) is 0 Å². The van der Waals surface area contributed by atoms with Crippen molar-refractivity contribution in [1.82, 2.24) is 0 Å². The lowest BCUT2D eigenvalue weighted by molar-refractivity contribution is 0.877. The molecule has 2 aliphatic rings. The first kappa shape index (κ1) is 22.8. The van der Waals surface area contributed by atoms with Gasteiger partial charge >= 0.3 is 0 Å². The molecule has 2 aromatic carbocycles. The van der Waals surface area contributed by atoms with E-state index in [9.17, 15) is 0 Å². The fraction of sp³-hybridized carbons (Fsp3) is 0.0909. The smallest absolute Gasteiger partial charge is 0.0349 e. The maximum absolute atomic E-state index is 5.96. The fourth-order valence-corrected chi connectivity index (χ4v) is 6.93. The van der Waals surface area contributed by atoms with E-state index in [-0.39, 0.29) is 0 Å². The van der Waals surface area contributed by atoms with E-state index in [0.717, 1.165) is 24.0 Å². The first-order valence-electron chi connectivity index (χ1n) is 12.3. The molecule has 0 radical (unpaired) electrons. The van der Waals surface area contributed by atoms with Gasteiger partial charge in [0.25, 0.3) is 0 Å². The van der Waals surface area contributed by atoms with Gasteiger partial charge in [-0.25, -0.2) is 0 Å². The summed E-state index contributed by atoms with van der Waals surface area (Å²) in [6.07, 6.45) is 21.4. The van der Waals surface area contributed by atoms with Crippen molar-refractivity contribution in [1.29, 1.82) is 0 Å². The Bertz CT molecular complexity index is 1550. The fourth-order valence-electron chi connectivity index (χ4n) is 4.74. The second-order valence-corrected chi connectivity index (χ2v) is 11.3. The quantitative estimate of drug-likeness (QED) is 0.289. The highest BCUT2D eigenvalue weighted by Gasteiger charge is 2.16. The number of thiophene rings is 2. The van der Waals surface area contributed by atoms with Crippen LogP contribution in [0.15, 0.2) is 127 Å². The SMILES string of the molecule is N/C=C(\C=C1\C=CC=CC1)c1ccc(-c2ccc(C3=CCC(c4cc5ccccc5s4)C=C3)s2)cc1. The summed E-state index contributed by atoms with van der Waals surface area (Å²) in [5.74, 6) is 0.470. The third-order valence-electron chi connectivity index (χ3n) is 6.73. The first-order chi connectivity index (χ1) is 17.8. The molecule has 36 heavy (non-hydrogen) atoms. The Labute approximate surface area is 220 Å². The Morgan fingerprint density at radius 1 is 0.889 bits per heavy atom. The van der Waals surface area contributed by atoms with E-state index in [2.05, 4.69) is 115 Å². The van der Waals surface area contributed by atoms with Crippen LogP contribution in [0.4, 0.5) is 0 Å². The van der Waals surface area contributed by atoms with E-state index in [1.165, 1.54) is 41.4 Å². The minimum absolute atomic E-state index is 0.470. The summed E-state index contributed by atoms with van der Waals surface area (Å²) >= 11 is 3.77. The molecule has 0 aliphatic heterocycles. The molecule has 3 heteroatoms. The summed E-state index contributed by atoms with van der Waals surface area (Å²) in [7, 11) is 0. The standard InChI is InChI=1S/C33H27NS2/c34-22-29(20-23-6-2-1-3-7-23)24-10-12-25(13-11-24)31-18-19-32(35-31)26-14-16-27(17-15-26)33-21-28-8-4-5-9-30(28)36-33/h1-6,8-16,18-22,27H,7,17,34H2/b23-20-,29-22+. The van der Waals surface area contributed by atoms with Crippen LogP contribution in [-0.4, -0.2) is 0 Å². The van der Waals surface area contributed by atoms with Gasteiger partial charge in [-0.1, -0.05) is 85.0 Å². The van der Waals surface area contributed by atoms with E-state index >= 15 is 0 Å². The maximum Gasteiger partial charge on any atom is 0.0349 e. The Morgan fingerprint density at radius 3 is 2.50 bits per heavy atom. The van der Waals surface area contributed by atoms with E-state index in [1.54, 1.807) is 6.20 Å². The highest BCUT2D eigenvalue weighted by atomic mass is 32.1. The topological polar surface area (TPSA) is 26.0 Å². The molecule has 1 unspecified atom stereocenters. The molecule has 4 aromatic rings. The van der Waals surface area contributed by atoms with Crippen LogP contribution >= 0.6 is 22.7 Å². The molecule has 6 rings (SSSR count). The molecule has 2 aliphatic carbocycles. The van der Waals surface area contributed by atoms with Crippen molar-refractivity contribution < 1.29 is 0 Å². The third kappa shape index (κ3) is 4.73. The monoisotopic (exact) mass is 501 g/mol. The summed E-state index contributed by atoms with van der Waals surface area (Å²) in [6, 6.07) is 24.2. The summed E-state index contributed by atoms with van der Waals surface area (Å²) in [5.41, 5.74) is 12.0. The number of benzene rings is 2. The van der Waals surface area contributed by atoms with Gasteiger partial charge in [-0.05, 0) is 76.4 Å². The van der Waals surface area contributed by atoms with E-state index < -0.39 is 0 Å². The first-order valence-corrected chi connectivity index (χ1v) is 13.9. The van der Waals surface area contributed by atoms with Crippen molar-refractivity contribution in [3.63, 3.8) is 0 Å². The van der Waals surface area contributed by atoms with Crippen molar-refractivity contribution in [2.24, 2.45) is 5.73 Å². The van der Waals surface area contributed by atoms with Crippen LogP contribution in [0.25, 0.3) is 31.7 Å². The number of allylic oxidation sites excluding steroid dienone is 11. The zero-order valence-corrected chi connectivity index (χ0v) is 21.6. The Balaban J connectivity index is 1.16. The number of hydrogen-bond acceptors (Lipinski definition) is 3. The highest BCUT2D eigenvalue weighted by Crippen LogP contribution is 2.39. The molecule has 176 valence electrons. The van der Waals surface area contributed by atoms with Gasteiger partial charge in [-0.3, -0.25) is 0 Å². The van der Waals surface area contributed by atoms with Crippen molar-refractivity contribution >= 4 is 43.9 Å². The molecule has 1 nitrogen and oxygen atoms in total. The lowest BCUT2D eigenvalue weighted by Gasteiger charge is -2.14. The predicted molar refractivity (Wildman–Crippen MR) is 159 cm³/mol. The Hall–Kier alpha value is -3.66. The molecule has 1 atom stereocenters. The van der Waals surface area contributed by atoms with E-state index in [4.69, 9.17) is 5.73 Å². The van der Waals surface area contributed by atoms with Crippen LogP contribution < -0.4 is 5.73 Å². The van der Waals surface area contributed by atoms with Gasteiger partial charge < -0.3 is 5.73 Å². The number of hydrogen-bond donors (Lipinski definition) is 1. The summed E-state index contributed by atoms with van der Waals surface area (Å²) in [4.78, 5) is 4.06. The summed E-state index contributed by atoms with van der Waals surface area (Å²) in [5, 5.41) is 1.35. The Kier molecular flexibility index (Phi) is 6.42. The van der Waals surface area contributed by atoms with Gasteiger partial charge in [0.1, 0.15) is 0 Å². The second-order valence-electron chi connectivity index (χ2n) is 9.12. The lowest BCUT2D eigenvalue weighted by atomic mass is 9.94. The molecule has 0 bridgehead atoms.